The van der Waals surface area contributed by atoms with Gasteiger partial charge in [0.25, 0.3) is 0 Å². The number of rotatable bonds is 13. The second-order valence-electron chi connectivity index (χ2n) is 8.32. The van der Waals surface area contributed by atoms with Crippen molar-refractivity contribution in [1.82, 2.24) is 0 Å². The first-order valence-electron chi connectivity index (χ1n) is 12.0. The zero-order valence-corrected chi connectivity index (χ0v) is 20.1. The molecule has 0 saturated heterocycles. The van der Waals surface area contributed by atoms with Crippen molar-refractivity contribution in [2.45, 2.75) is 38.7 Å². The van der Waals surface area contributed by atoms with Gasteiger partial charge >= 0.3 is 11.9 Å². The van der Waals surface area contributed by atoms with Crippen LogP contribution in [0.1, 0.15) is 36.8 Å². The standard InChI is InChI=1S/C31H32O4/c1-3-30(32)34-21-8-6-5-7-10-24-13-17-26(18-14-24)28-11-9-12-29(22-28)27-19-15-25(16-20-27)23-35-31(33)4-2/h3-4,9,11-20,22H,1-2,5-8,10,21,23H2. The van der Waals surface area contributed by atoms with Gasteiger partial charge in [0.2, 0.25) is 0 Å². The van der Waals surface area contributed by atoms with Crippen LogP contribution in [-0.2, 0) is 32.1 Å². The highest BCUT2D eigenvalue weighted by molar-refractivity contribution is 5.81. The van der Waals surface area contributed by atoms with Gasteiger partial charge in [0.05, 0.1) is 6.61 Å². The topological polar surface area (TPSA) is 52.6 Å². The zero-order chi connectivity index (χ0) is 24.9. The normalized spacial score (nSPS) is 10.4. The summed E-state index contributed by atoms with van der Waals surface area (Å²) in [7, 11) is 0. The molecule has 0 atom stereocenters. The van der Waals surface area contributed by atoms with E-state index < -0.39 is 5.97 Å². The monoisotopic (exact) mass is 468 g/mol. The van der Waals surface area contributed by atoms with Crippen molar-refractivity contribution >= 4 is 11.9 Å². The lowest BCUT2D eigenvalue weighted by molar-refractivity contribution is -0.139. The summed E-state index contributed by atoms with van der Waals surface area (Å²) in [4.78, 5) is 22.3. The Balaban J connectivity index is 1.51. The molecule has 4 heteroatoms. The maximum Gasteiger partial charge on any atom is 0.330 e. The van der Waals surface area contributed by atoms with Gasteiger partial charge in [-0.15, -0.1) is 0 Å². The van der Waals surface area contributed by atoms with E-state index in [2.05, 4.69) is 61.7 Å². The molecule has 0 saturated carbocycles. The number of carbonyl (C=O) groups is 2. The fourth-order valence-electron chi connectivity index (χ4n) is 3.77. The first-order valence-corrected chi connectivity index (χ1v) is 12.0. The van der Waals surface area contributed by atoms with E-state index in [4.69, 9.17) is 9.47 Å². The van der Waals surface area contributed by atoms with Crippen molar-refractivity contribution in [2.75, 3.05) is 6.61 Å². The largest absolute Gasteiger partial charge is 0.463 e. The summed E-state index contributed by atoms with van der Waals surface area (Å²) < 4.78 is 10.1. The van der Waals surface area contributed by atoms with Crippen LogP contribution in [0.3, 0.4) is 0 Å². The third-order valence-electron chi connectivity index (χ3n) is 5.76. The highest BCUT2D eigenvalue weighted by Crippen LogP contribution is 2.27. The van der Waals surface area contributed by atoms with E-state index in [1.165, 1.54) is 28.8 Å². The van der Waals surface area contributed by atoms with Crippen molar-refractivity contribution in [3.63, 3.8) is 0 Å². The number of carbonyl (C=O) groups excluding carboxylic acids is 2. The van der Waals surface area contributed by atoms with Crippen LogP contribution in [0.4, 0.5) is 0 Å². The summed E-state index contributed by atoms with van der Waals surface area (Å²) in [5.41, 5.74) is 6.88. The Bertz CT molecular complexity index is 1130. The maximum atomic E-state index is 11.2. The average Bonchev–Trinajstić information content (AvgIpc) is 2.91. The van der Waals surface area contributed by atoms with Gasteiger partial charge in [-0.25, -0.2) is 9.59 Å². The Labute approximate surface area is 207 Å². The molecule has 0 aliphatic carbocycles. The van der Waals surface area contributed by atoms with Crippen LogP contribution in [0.2, 0.25) is 0 Å². The molecule has 0 unspecified atom stereocenters. The number of hydrogen-bond donors (Lipinski definition) is 0. The fourth-order valence-corrected chi connectivity index (χ4v) is 3.77. The smallest absolute Gasteiger partial charge is 0.330 e. The predicted octanol–water partition coefficient (Wildman–Crippen LogP) is 7.08. The summed E-state index contributed by atoms with van der Waals surface area (Å²) in [6.07, 6.45) is 7.58. The van der Waals surface area contributed by atoms with Crippen LogP contribution in [0, 0.1) is 0 Å². The second kappa shape index (κ2) is 13.7. The van der Waals surface area contributed by atoms with Gasteiger partial charge in [0.1, 0.15) is 6.61 Å². The first kappa shape index (κ1) is 25.7. The molecule has 4 nitrogen and oxygen atoms in total. The van der Waals surface area contributed by atoms with Crippen LogP contribution < -0.4 is 0 Å². The van der Waals surface area contributed by atoms with E-state index in [-0.39, 0.29) is 12.6 Å². The molecule has 0 spiro atoms. The van der Waals surface area contributed by atoms with Gasteiger partial charge in [-0.1, -0.05) is 92.7 Å². The fraction of sp³-hybridized carbons (Fsp3) is 0.226. The third kappa shape index (κ3) is 8.42. The summed E-state index contributed by atoms with van der Waals surface area (Å²) >= 11 is 0. The lowest BCUT2D eigenvalue weighted by Gasteiger charge is -2.09. The van der Waals surface area contributed by atoms with Gasteiger partial charge in [-0.2, -0.15) is 0 Å². The number of esters is 2. The number of hydrogen-bond acceptors (Lipinski definition) is 4. The van der Waals surface area contributed by atoms with Gasteiger partial charge in [-0.05, 0) is 58.7 Å². The lowest BCUT2D eigenvalue weighted by atomic mass is 9.97. The van der Waals surface area contributed by atoms with E-state index in [0.717, 1.165) is 48.8 Å². The molecule has 0 radical (unpaired) electrons. The van der Waals surface area contributed by atoms with Crippen LogP contribution in [0.5, 0.6) is 0 Å². The van der Waals surface area contributed by atoms with Crippen LogP contribution in [0.15, 0.2) is 98.1 Å². The SMILES string of the molecule is C=CC(=O)OCCCCCCc1ccc(-c2cccc(-c3ccc(COC(=O)C=C)cc3)c2)cc1. The number of ether oxygens (including phenoxy) is 2. The maximum absolute atomic E-state index is 11.2. The molecule has 3 aromatic carbocycles. The van der Waals surface area contributed by atoms with E-state index in [1.54, 1.807) is 0 Å². The van der Waals surface area contributed by atoms with Crippen molar-refractivity contribution in [3.8, 4) is 22.3 Å². The third-order valence-corrected chi connectivity index (χ3v) is 5.76. The van der Waals surface area contributed by atoms with Crippen LogP contribution >= 0.6 is 0 Å². The van der Waals surface area contributed by atoms with Crippen molar-refractivity contribution in [2.24, 2.45) is 0 Å². The van der Waals surface area contributed by atoms with E-state index in [1.807, 2.05) is 24.3 Å². The van der Waals surface area contributed by atoms with E-state index >= 15 is 0 Å². The van der Waals surface area contributed by atoms with Crippen LogP contribution in [-0.4, -0.2) is 18.5 Å². The Hall–Kier alpha value is -3.92. The molecule has 180 valence electrons. The molecule has 0 N–H and O–H groups in total. The molecule has 35 heavy (non-hydrogen) atoms. The molecule has 0 aromatic heterocycles. The number of unbranched alkanes of at least 4 members (excludes halogenated alkanes) is 3. The lowest BCUT2D eigenvalue weighted by Crippen LogP contribution is -2.01. The zero-order valence-electron chi connectivity index (χ0n) is 20.1. The first-order chi connectivity index (χ1) is 17.1. The molecular formula is C31H32O4. The Kier molecular flexibility index (Phi) is 10.1. The summed E-state index contributed by atoms with van der Waals surface area (Å²) in [5.74, 6) is -0.770. The molecule has 0 heterocycles. The Morgan fingerprint density at radius 3 is 1.77 bits per heavy atom. The molecule has 3 aromatic rings. The van der Waals surface area contributed by atoms with Crippen molar-refractivity contribution in [3.05, 3.63) is 109 Å². The van der Waals surface area contributed by atoms with Crippen molar-refractivity contribution in [1.29, 1.82) is 0 Å². The minimum absolute atomic E-state index is 0.239. The molecule has 0 aliphatic rings. The van der Waals surface area contributed by atoms with Crippen LogP contribution in [0.25, 0.3) is 22.3 Å². The molecule has 0 bridgehead atoms. The molecule has 0 fully saturated rings. The Morgan fingerprint density at radius 2 is 1.17 bits per heavy atom. The van der Waals surface area contributed by atoms with Crippen molar-refractivity contribution < 1.29 is 19.1 Å². The average molecular weight is 469 g/mol. The van der Waals surface area contributed by atoms with Gasteiger partial charge < -0.3 is 9.47 Å². The van der Waals surface area contributed by atoms with E-state index in [0.29, 0.717) is 6.61 Å². The molecular weight excluding hydrogens is 436 g/mol. The molecule has 3 rings (SSSR count). The highest BCUT2D eigenvalue weighted by Gasteiger charge is 2.04. The van der Waals surface area contributed by atoms with Gasteiger partial charge in [0, 0.05) is 12.2 Å². The summed E-state index contributed by atoms with van der Waals surface area (Å²) in [6, 6.07) is 25.3. The summed E-state index contributed by atoms with van der Waals surface area (Å²) in [5, 5.41) is 0. The Morgan fingerprint density at radius 1 is 0.629 bits per heavy atom. The van der Waals surface area contributed by atoms with Gasteiger partial charge in [0.15, 0.2) is 0 Å². The minimum atomic E-state index is -0.420. The second-order valence-corrected chi connectivity index (χ2v) is 8.32. The van der Waals surface area contributed by atoms with E-state index in [9.17, 15) is 9.59 Å². The molecule has 0 amide bonds. The number of aryl methyl sites for hydroxylation is 1. The molecule has 0 aliphatic heterocycles. The quantitative estimate of drug-likeness (QED) is 0.153. The summed E-state index contributed by atoms with van der Waals surface area (Å²) in [6.45, 7) is 7.50. The minimum Gasteiger partial charge on any atom is -0.463 e. The number of benzene rings is 3. The van der Waals surface area contributed by atoms with Gasteiger partial charge in [-0.3, -0.25) is 0 Å². The predicted molar refractivity (Wildman–Crippen MR) is 141 cm³/mol. The highest BCUT2D eigenvalue weighted by atomic mass is 16.5.